The first kappa shape index (κ1) is 17.4. The summed E-state index contributed by atoms with van der Waals surface area (Å²) in [6.07, 6.45) is 2.06. The molecule has 2 N–H and O–H groups in total. The highest BCUT2D eigenvalue weighted by Gasteiger charge is 2.40. The molecule has 1 saturated heterocycles. The van der Waals surface area contributed by atoms with Crippen molar-refractivity contribution in [1.82, 2.24) is 9.03 Å². The number of hydrogen-bond acceptors (Lipinski definition) is 5. The maximum atomic E-state index is 12.3. The summed E-state index contributed by atoms with van der Waals surface area (Å²) < 4.78 is 33.3. The Kier molecular flexibility index (Phi) is 6.87. The third kappa shape index (κ3) is 4.41. The largest absolute Gasteiger partial charge is 0.465 e. The van der Waals surface area contributed by atoms with Crippen LogP contribution in [0.3, 0.4) is 0 Å². The first-order chi connectivity index (χ1) is 9.46. The predicted molar refractivity (Wildman–Crippen MR) is 74.2 cm³/mol. The van der Waals surface area contributed by atoms with Crippen molar-refractivity contribution in [3.63, 3.8) is 0 Å². The van der Waals surface area contributed by atoms with E-state index < -0.39 is 22.2 Å². The van der Waals surface area contributed by atoms with Crippen molar-refractivity contribution in [3.05, 3.63) is 0 Å². The minimum Gasteiger partial charge on any atom is -0.465 e. The van der Waals surface area contributed by atoms with E-state index in [1.54, 1.807) is 6.92 Å². The first-order valence-electron chi connectivity index (χ1n) is 7.02. The smallest absolute Gasteiger partial charge is 0.324 e. The van der Waals surface area contributed by atoms with Crippen LogP contribution in [0.25, 0.3) is 0 Å². The minimum atomic E-state index is -3.73. The number of esters is 1. The van der Waals surface area contributed by atoms with Crippen LogP contribution in [0, 0.1) is 0 Å². The zero-order valence-electron chi connectivity index (χ0n) is 12.0. The summed E-state index contributed by atoms with van der Waals surface area (Å²) in [5.41, 5.74) is 0. The second kappa shape index (κ2) is 7.92. The van der Waals surface area contributed by atoms with Crippen LogP contribution >= 0.6 is 0 Å². The summed E-state index contributed by atoms with van der Waals surface area (Å²) in [5.74, 6) is -0.495. The molecule has 0 spiro atoms. The Bertz CT molecular complexity index is 412. The summed E-state index contributed by atoms with van der Waals surface area (Å²) in [6.45, 7) is 4.00. The quantitative estimate of drug-likeness (QED) is 0.616. The number of carbonyl (C=O) groups is 1. The summed E-state index contributed by atoms with van der Waals surface area (Å²) in [7, 11) is -3.73. The van der Waals surface area contributed by atoms with Crippen LogP contribution in [0.4, 0.5) is 0 Å². The highest BCUT2D eigenvalue weighted by molar-refractivity contribution is 7.87. The third-order valence-corrected chi connectivity index (χ3v) is 5.04. The van der Waals surface area contributed by atoms with Crippen LogP contribution in [0.15, 0.2) is 0 Å². The summed E-state index contributed by atoms with van der Waals surface area (Å²) in [6, 6.07) is -1.06. The first-order valence-corrected chi connectivity index (χ1v) is 8.46. The molecule has 0 aromatic carbocycles. The fourth-order valence-corrected chi connectivity index (χ4v) is 4.02. The molecule has 0 radical (unpaired) electrons. The fourth-order valence-electron chi connectivity index (χ4n) is 2.28. The molecule has 1 aliphatic heterocycles. The van der Waals surface area contributed by atoms with E-state index >= 15 is 0 Å². The van der Waals surface area contributed by atoms with E-state index in [4.69, 9.17) is 9.84 Å². The van der Waals surface area contributed by atoms with E-state index in [1.807, 2.05) is 6.92 Å². The molecule has 1 fully saturated rings. The van der Waals surface area contributed by atoms with Gasteiger partial charge in [-0.05, 0) is 32.6 Å². The van der Waals surface area contributed by atoms with Gasteiger partial charge in [0.2, 0.25) is 0 Å². The van der Waals surface area contributed by atoms with E-state index in [2.05, 4.69) is 4.72 Å². The Hall–Kier alpha value is -0.700. The van der Waals surface area contributed by atoms with Gasteiger partial charge in [-0.3, -0.25) is 4.79 Å². The van der Waals surface area contributed by atoms with Crippen LogP contribution in [0.1, 0.15) is 39.5 Å². The van der Waals surface area contributed by atoms with Crippen molar-refractivity contribution in [2.75, 3.05) is 19.8 Å². The molecule has 2 unspecified atom stereocenters. The maximum Gasteiger partial charge on any atom is 0.324 e. The van der Waals surface area contributed by atoms with Gasteiger partial charge >= 0.3 is 5.97 Å². The van der Waals surface area contributed by atoms with Gasteiger partial charge in [0.05, 0.1) is 6.61 Å². The second-order valence-corrected chi connectivity index (χ2v) is 6.42. The second-order valence-electron chi connectivity index (χ2n) is 4.76. The topological polar surface area (TPSA) is 95.9 Å². The van der Waals surface area contributed by atoms with Gasteiger partial charge in [0.25, 0.3) is 10.2 Å². The zero-order chi connectivity index (χ0) is 15.2. The Labute approximate surface area is 120 Å². The lowest BCUT2D eigenvalue weighted by molar-refractivity contribution is -0.146. The molecular formula is C12H24N2O5S. The third-order valence-electron chi connectivity index (χ3n) is 3.36. The number of ether oxygens (including phenoxy) is 1. The van der Waals surface area contributed by atoms with Gasteiger partial charge in [-0.2, -0.15) is 17.4 Å². The van der Waals surface area contributed by atoms with Gasteiger partial charge in [0, 0.05) is 19.2 Å². The van der Waals surface area contributed by atoms with Crippen molar-refractivity contribution in [2.45, 2.75) is 51.6 Å². The normalized spacial score (nSPS) is 21.9. The van der Waals surface area contributed by atoms with E-state index in [1.165, 1.54) is 4.31 Å². The predicted octanol–water partition coefficient (Wildman–Crippen LogP) is 0.00930. The standard InChI is InChI=1S/C12H24N2O5S/c1-3-10(7-9-15)13-20(17,18)14-8-5-6-11(14)12(16)19-4-2/h10-11,13,15H,3-9H2,1-2H3. The maximum absolute atomic E-state index is 12.3. The van der Waals surface area contributed by atoms with Crippen molar-refractivity contribution in [3.8, 4) is 0 Å². The van der Waals surface area contributed by atoms with Crippen molar-refractivity contribution in [2.24, 2.45) is 0 Å². The van der Waals surface area contributed by atoms with Crippen molar-refractivity contribution < 1.29 is 23.1 Å². The molecule has 0 aromatic heterocycles. The molecule has 0 aromatic rings. The van der Waals surface area contributed by atoms with Gasteiger partial charge in [-0.1, -0.05) is 6.92 Å². The fraction of sp³-hybridized carbons (Fsp3) is 0.917. The van der Waals surface area contributed by atoms with E-state index in [-0.39, 0.29) is 19.3 Å². The van der Waals surface area contributed by atoms with Crippen LogP contribution in [0.5, 0.6) is 0 Å². The molecule has 0 bridgehead atoms. The number of nitrogens with one attached hydrogen (secondary N) is 1. The molecule has 1 heterocycles. The van der Waals surface area contributed by atoms with Gasteiger partial charge in [-0.15, -0.1) is 0 Å². The molecule has 0 aliphatic carbocycles. The van der Waals surface area contributed by atoms with Gasteiger partial charge in [-0.25, -0.2) is 0 Å². The molecular weight excluding hydrogens is 284 g/mol. The average molecular weight is 308 g/mol. The Morgan fingerprint density at radius 3 is 2.75 bits per heavy atom. The molecule has 8 heteroatoms. The number of rotatable bonds is 8. The van der Waals surface area contributed by atoms with Crippen LogP contribution in [-0.4, -0.2) is 55.6 Å². The van der Waals surface area contributed by atoms with E-state index in [9.17, 15) is 13.2 Å². The Morgan fingerprint density at radius 2 is 2.20 bits per heavy atom. The van der Waals surface area contributed by atoms with E-state index in [0.29, 0.717) is 32.2 Å². The summed E-state index contributed by atoms with van der Waals surface area (Å²) in [4.78, 5) is 11.8. The highest BCUT2D eigenvalue weighted by atomic mass is 32.2. The van der Waals surface area contributed by atoms with Gasteiger partial charge < -0.3 is 9.84 Å². The SMILES string of the molecule is CCOC(=O)C1CCCN1S(=O)(=O)NC(CC)CCO. The van der Waals surface area contributed by atoms with Crippen LogP contribution in [0.2, 0.25) is 0 Å². The Morgan fingerprint density at radius 1 is 1.50 bits per heavy atom. The monoisotopic (exact) mass is 308 g/mol. The lowest BCUT2D eigenvalue weighted by Gasteiger charge is -2.25. The molecule has 0 amide bonds. The molecule has 118 valence electrons. The minimum absolute atomic E-state index is 0.0810. The molecule has 1 rings (SSSR count). The molecule has 0 saturated carbocycles. The number of hydrogen-bond donors (Lipinski definition) is 2. The number of aliphatic hydroxyl groups excluding tert-OH is 1. The molecule has 1 aliphatic rings. The van der Waals surface area contributed by atoms with E-state index in [0.717, 1.165) is 0 Å². The molecule has 7 nitrogen and oxygen atoms in total. The summed E-state index contributed by atoms with van der Waals surface area (Å²) in [5, 5.41) is 8.92. The molecule has 2 atom stereocenters. The average Bonchev–Trinajstić information content (AvgIpc) is 2.88. The van der Waals surface area contributed by atoms with Crippen molar-refractivity contribution in [1.29, 1.82) is 0 Å². The highest BCUT2D eigenvalue weighted by Crippen LogP contribution is 2.22. The zero-order valence-corrected chi connectivity index (χ0v) is 12.9. The summed E-state index contributed by atoms with van der Waals surface area (Å²) >= 11 is 0. The lowest BCUT2D eigenvalue weighted by atomic mass is 10.2. The van der Waals surface area contributed by atoms with Gasteiger partial charge in [0.1, 0.15) is 6.04 Å². The van der Waals surface area contributed by atoms with Crippen LogP contribution in [-0.2, 0) is 19.7 Å². The molecule has 20 heavy (non-hydrogen) atoms. The van der Waals surface area contributed by atoms with Crippen molar-refractivity contribution >= 4 is 16.2 Å². The number of aliphatic hydroxyl groups is 1. The lowest BCUT2D eigenvalue weighted by Crippen LogP contribution is -2.49. The van der Waals surface area contributed by atoms with Gasteiger partial charge in [0.15, 0.2) is 0 Å². The Balaban J connectivity index is 2.77. The number of nitrogens with zero attached hydrogens (tertiary/aromatic N) is 1. The number of carbonyl (C=O) groups excluding carboxylic acids is 1. The van der Waals surface area contributed by atoms with Crippen LogP contribution < -0.4 is 4.72 Å².